The third kappa shape index (κ3) is 5.18. The summed E-state index contributed by atoms with van der Waals surface area (Å²) in [4.78, 5) is 41.8. The Labute approximate surface area is 231 Å². The summed E-state index contributed by atoms with van der Waals surface area (Å²) >= 11 is 6.09. The maximum atomic E-state index is 13.8. The van der Waals surface area contributed by atoms with Crippen molar-refractivity contribution in [2.75, 3.05) is 24.5 Å². The lowest BCUT2D eigenvalue weighted by molar-refractivity contribution is 0.0483. The lowest BCUT2D eigenvalue weighted by Crippen LogP contribution is -2.61. The van der Waals surface area contributed by atoms with E-state index in [9.17, 15) is 9.59 Å². The summed E-state index contributed by atoms with van der Waals surface area (Å²) in [5, 5.41) is 9.74. The Bertz CT molecular complexity index is 1560. The fraction of sp³-hybridized carbons (Fsp3) is 0.345. The second kappa shape index (κ2) is 9.64. The number of piperazine rings is 1. The van der Waals surface area contributed by atoms with Gasteiger partial charge in [-0.3, -0.25) is 4.79 Å². The highest BCUT2D eigenvalue weighted by Gasteiger charge is 2.39. The first-order valence-corrected chi connectivity index (χ1v) is 13.0. The molecule has 9 nitrogen and oxygen atoms in total. The predicted molar refractivity (Wildman–Crippen MR) is 149 cm³/mol. The van der Waals surface area contributed by atoms with Crippen molar-refractivity contribution in [2.45, 2.75) is 45.6 Å². The summed E-state index contributed by atoms with van der Waals surface area (Å²) in [5.41, 5.74) is 2.99. The van der Waals surface area contributed by atoms with E-state index >= 15 is 0 Å². The molecule has 1 N–H and O–H groups in total. The molecule has 0 atom stereocenters. The SMILES string of the molecule is CC(C)(C)c1cc(-c2ccc(Cl)cc2)nc2cc(C(=O)N3CCN(c4cnc(C(=O)O)cn4)CC3(C)C)oc12. The average molecular weight is 548 g/mol. The number of pyridine rings is 1. The van der Waals surface area contributed by atoms with Gasteiger partial charge in [0.25, 0.3) is 5.91 Å². The van der Waals surface area contributed by atoms with E-state index in [1.165, 1.54) is 12.4 Å². The number of hydrogen-bond acceptors (Lipinski definition) is 7. The molecule has 0 unspecified atom stereocenters. The molecule has 0 saturated carbocycles. The van der Waals surface area contributed by atoms with Crippen LogP contribution in [-0.2, 0) is 5.41 Å². The fourth-order valence-electron chi connectivity index (χ4n) is 4.91. The van der Waals surface area contributed by atoms with Gasteiger partial charge in [0, 0.05) is 41.9 Å². The van der Waals surface area contributed by atoms with Crippen LogP contribution in [0.5, 0.6) is 0 Å². The molecule has 4 heterocycles. The summed E-state index contributed by atoms with van der Waals surface area (Å²) in [6.45, 7) is 11.7. The minimum atomic E-state index is -1.12. The largest absolute Gasteiger partial charge is 0.476 e. The van der Waals surface area contributed by atoms with Gasteiger partial charge < -0.3 is 19.3 Å². The highest BCUT2D eigenvalue weighted by Crippen LogP contribution is 2.36. The molecule has 1 aliphatic rings. The van der Waals surface area contributed by atoms with Crippen molar-refractivity contribution in [3.05, 3.63) is 70.8 Å². The Morgan fingerprint density at radius 2 is 1.77 bits per heavy atom. The van der Waals surface area contributed by atoms with Gasteiger partial charge in [-0.2, -0.15) is 0 Å². The van der Waals surface area contributed by atoms with Crippen LogP contribution in [0.2, 0.25) is 5.02 Å². The standard InChI is InChI=1S/C29H30ClN5O4/c1-28(2,3)19-12-20(17-6-8-18(30)9-7-17)33-21-13-23(39-25(19)21)26(36)35-11-10-34(16-29(35,4)5)24-15-31-22(14-32-24)27(37)38/h6-9,12-15H,10-11,16H2,1-5H3,(H,37,38). The van der Waals surface area contributed by atoms with Crippen LogP contribution in [0.25, 0.3) is 22.4 Å². The molecule has 0 bridgehead atoms. The number of aromatic nitrogens is 3. The molecular formula is C29H30ClN5O4. The number of hydrogen-bond donors (Lipinski definition) is 1. The molecule has 1 amide bonds. The second-order valence-electron chi connectivity index (χ2n) is 11.4. The molecule has 0 spiro atoms. The molecule has 39 heavy (non-hydrogen) atoms. The van der Waals surface area contributed by atoms with Crippen LogP contribution in [0.15, 0.2) is 53.2 Å². The molecule has 1 saturated heterocycles. The predicted octanol–water partition coefficient (Wildman–Crippen LogP) is 5.67. The first-order valence-electron chi connectivity index (χ1n) is 12.7. The molecule has 3 aromatic heterocycles. The molecule has 5 rings (SSSR count). The zero-order valence-corrected chi connectivity index (χ0v) is 23.3. The number of halogens is 1. The maximum absolute atomic E-state index is 13.8. The number of amides is 1. The molecule has 1 fully saturated rings. The van der Waals surface area contributed by atoms with Gasteiger partial charge in [-0.05, 0) is 37.5 Å². The molecule has 0 aliphatic carbocycles. The fourth-order valence-corrected chi connectivity index (χ4v) is 5.03. The van der Waals surface area contributed by atoms with E-state index in [-0.39, 0.29) is 22.8 Å². The van der Waals surface area contributed by atoms with Crippen molar-refractivity contribution in [1.29, 1.82) is 0 Å². The monoisotopic (exact) mass is 547 g/mol. The average Bonchev–Trinajstić information content (AvgIpc) is 3.31. The molecule has 10 heteroatoms. The Hall–Kier alpha value is -3.98. The van der Waals surface area contributed by atoms with Crippen LogP contribution in [0, 0.1) is 0 Å². The van der Waals surface area contributed by atoms with Crippen LogP contribution >= 0.6 is 11.6 Å². The van der Waals surface area contributed by atoms with Gasteiger partial charge in [-0.1, -0.05) is 44.5 Å². The Morgan fingerprint density at radius 3 is 2.36 bits per heavy atom. The summed E-state index contributed by atoms with van der Waals surface area (Å²) in [6.07, 6.45) is 2.70. The number of carbonyl (C=O) groups is 2. The number of anilines is 1. The van der Waals surface area contributed by atoms with Crippen LogP contribution in [0.1, 0.15) is 61.2 Å². The number of rotatable bonds is 4. The van der Waals surface area contributed by atoms with E-state index in [0.717, 1.165) is 16.8 Å². The summed E-state index contributed by atoms with van der Waals surface area (Å²) < 4.78 is 6.22. The topological polar surface area (TPSA) is 113 Å². The molecule has 202 valence electrons. The first-order chi connectivity index (χ1) is 18.3. The van der Waals surface area contributed by atoms with Crippen molar-refractivity contribution in [3.8, 4) is 11.3 Å². The van der Waals surface area contributed by atoms with E-state index in [0.29, 0.717) is 41.6 Å². The van der Waals surface area contributed by atoms with Crippen LogP contribution < -0.4 is 4.90 Å². The number of nitrogens with zero attached hydrogens (tertiary/aromatic N) is 5. The summed E-state index contributed by atoms with van der Waals surface area (Å²) in [6, 6.07) is 11.3. The van der Waals surface area contributed by atoms with E-state index in [2.05, 4.69) is 30.7 Å². The van der Waals surface area contributed by atoms with Gasteiger partial charge in [0.05, 0.1) is 23.6 Å². The van der Waals surface area contributed by atoms with E-state index in [1.807, 2.05) is 49.1 Å². The Morgan fingerprint density at radius 1 is 1.05 bits per heavy atom. The van der Waals surface area contributed by atoms with Crippen LogP contribution in [0.3, 0.4) is 0 Å². The number of fused-ring (bicyclic) bond motifs is 1. The van der Waals surface area contributed by atoms with Crippen molar-refractivity contribution in [3.63, 3.8) is 0 Å². The third-order valence-corrected chi connectivity index (χ3v) is 7.22. The molecule has 0 radical (unpaired) electrons. The van der Waals surface area contributed by atoms with Crippen LogP contribution in [0.4, 0.5) is 5.82 Å². The molecule has 1 aromatic carbocycles. The van der Waals surface area contributed by atoms with Crippen molar-refractivity contribution in [2.24, 2.45) is 0 Å². The number of aromatic carboxylic acids is 1. The van der Waals surface area contributed by atoms with Crippen molar-refractivity contribution >= 4 is 40.4 Å². The summed E-state index contributed by atoms with van der Waals surface area (Å²) in [5.74, 6) is -0.529. The highest BCUT2D eigenvalue weighted by atomic mass is 35.5. The van der Waals surface area contributed by atoms with Crippen molar-refractivity contribution < 1.29 is 19.1 Å². The quantitative estimate of drug-likeness (QED) is 0.347. The zero-order chi connectivity index (χ0) is 28.1. The number of carboxylic acids is 1. The minimum Gasteiger partial charge on any atom is -0.476 e. The van der Waals surface area contributed by atoms with Gasteiger partial charge >= 0.3 is 5.97 Å². The molecule has 1 aliphatic heterocycles. The Balaban J connectivity index is 1.45. The number of carbonyl (C=O) groups excluding carboxylic acids is 1. The number of benzene rings is 1. The minimum absolute atomic E-state index is 0.112. The van der Waals surface area contributed by atoms with Gasteiger partial charge in [-0.15, -0.1) is 0 Å². The van der Waals surface area contributed by atoms with Gasteiger partial charge in [0.1, 0.15) is 11.3 Å². The second-order valence-corrected chi connectivity index (χ2v) is 11.8. The van der Waals surface area contributed by atoms with E-state index < -0.39 is 11.5 Å². The molecular weight excluding hydrogens is 518 g/mol. The lowest BCUT2D eigenvalue weighted by atomic mass is 9.86. The smallest absolute Gasteiger partial charge is 0.356 e. The third-order valence-electron chi connectivity index (χ3n) is 6.97. The van der Waals surface area contributed by atoms with Gasteiger partial charge in [0.2, 0.25) is 0 Å². The molecule has 4 aromatic rings. The van der Waals surface area contributed by atoms with Gasteiger partial charge in [0.15, 0.2) is 17.0 Å². The normalized spacial score (nSPS) is 15.5. The summed E-state index contributed by atoms with van der Waals surface area (Å²) in [7, 11) is 0. The number of carboxylic acid groups (broad SMARTS) is 1. The van der Waals surface area contributed by atoms with Gasteiger partial charge in [-0.25, -0.2) is 19.7 Å². The van der Waals surface area contributed by atoms with Crippen molar-refractivity contribution in [1.82, 2.24) is 19.9 Å². The lowest BCUT2D eigenvalue weighted by Gasteiger charge is -2.47. The maximum Gasteiger partial charge on any atom is 0.356 e. The Kier molecular flexibility index (Phi) is 6.58. The highest BCUT2D eigenvalue weighted by molar-refractivity contribution is 6.30. The number of furan rings is 1. The van der Waals surface area contributed by atoms with E-state index in [1.54, 1.807) is 11.0 Å². The zero-order valence-electron chi connectivity index (χ0n) is 22.5. The van der Waals surface area contributed by atoms with E-state index in [4.69, 9.17) is 26.1 Å². The first kappa shape index (κ1) is 26.6. The van der Waals surface area contributed by atoms with Crippen LogP contribution in [-0.4, -0.2) is 62.0 Å².